The van der Waals surface area contributed by atoms with E-state index >= 15 is 0 Å². The van der Waals surface area contributed by atoms with Crippen molar-refractivity contribution in [2.45, 2.75) is 12.5 Å². The van der Waals surface area contributed by atoms with Crippen molar-refractivity contribution in [3.63, 3.8) is 0 Å². The highest BCUT2D eigenvalue weighted by Gasteiger charge is 2.25. The lowest BCUT2D eigenvalue weighted by molar-refractivity contribution is -0.133. The minimum Gasteiger partial charge on any atom is -0.494 e. The summed E-state index contributed by atoms with van der Waals surface area (Å²) in [5, 5.41) is 5.61. The molecule has 0 bridgehead atoms. The van der Waals surface area contributed by atoms with Gasteiger partial charge in [-0.1, -0.05) is 18.2 Å². The van der Waals surface area contributed by atoms with E-state index in [4.69, 9.17) is 4.74 Å². The van der Waals surface area contributed by atoms with Gasteiger partial charge in [0.1, 0.15) is 11.8 Å². The maximum absolute atomic E-state index is 12.1. The highest BCUT2D eigenvalue weighted by atomic mass is 16.5. The van der Waals surface area contributed by atoms with Gasteiger partial charge in [0.2, 0.25) is 11.8 Å². The maximum Gasteiger partial charge on any atom is 0.241 e. The molecule has 0 spiro atoms. The van der Waals surface area contributed by atoms with Crippen molar-refractivity contribution in [2.24, 2.45) is 0 Å². The van der Waals surface area contributed by atoms with E-state index in [1.54, 1.807) is 11.9 Å². The van der Waals surface area contributed by atoms with Gasteiger partial charge in [0, 0.05) is 20.1 Å². The Morgan fingerprint density at radius 3 is 2.81 bits per heavy atom. The first-order valence-electron chi connectivity index (χ1n) is 7.10. The lowest BCUT2D eigenvalue weighted by Crippen LogP contribution is -2.58. The Bertz CT molecular complexity index is 468. The number of hydrogen-bond acceptors (Lipinski definition) is 4. The highest BCUT2D eigenvalue weighted by molar-refractivity contribution is 5.86. The van der Waals surface area contributed by atoms with Crippen LogP contribution in [0.5, 0.6) is 5.75 Å². The predicted octanol–water partition coefficient (Wildman–Crippen LogP) is 0.00190. The van der Waals surface area contributed by atoms with Gasteiger partial charge in [0.25, 0.3) is 0 Å². The molecule has 21 heavy (non-hydrogen) atoms. The second-order valence-electron chi connectivity index (χ2n) is 5.01. The van der Waals surface area contributed by atoms with Crippen LogP contribution >= 0.6 is 0 Å². The summed E-state index contributed by atoms with van der Waals surface area (Å²) in [5.74, 6) is 0.760. The number of benzene rings is 1. The van der Waals surface area contributed by atoms with Gasteiger partial charge in [-0.15, -0.1) is 0 Å². The van der Waals surface area contributed by atoms with Gasteiger partial charge >= 0.3 is 0 Å². The Kier molecular flexibility index (Phi) is 5.57. The number of likely N-dealkylation sites (N-methyl/N-ethyl adjacent to an activating group) is 1. The fourth-order valence-electron chi connectivity index (χ4n) is 2.13. The quantitative estimate of drug-likeness (QED) is 0.724. The van der Waals surface area contributed by atoms with Crippen LogP contribution in [0.25, 0.3) is 0 Å². The minimum absolute atomic E-state index is 0.00490. The van der Waals surface area contributed by atoms with Gasteiger partial charge in [-0.2, -0.15) is 0 Å². The first-order chi connectivity index (χ1) is 10.2. The topological polar surface area (TPSA) is 70.7 Å². The van der Waals surface area contributed by atoms with Crippen molar-refractivity contribution in [1.82, 2.24) is 15.5 Å². The second kappa shape index (κ2) is 7.64. The van der Waals surface area contributed by atoms with Gasteiger partial charge in [0.05, 0.1) is 13.2 Å². The molecule has 2 N–H and O–H groups in total. The first-order valence-corrected chi connectivity index (χ1v) is 7.10. The lowest BCUT2D eigenvalue weighted by Gasteiger charge is -2.27. The smallest absolute Gasteiger partial charge is 0.241 e. The molecule has 1 unspecified atom stereocenters. The number of carbonyl (C=O) groups excluding carboxylic acids is 2. The molecule has 1 aliphatic heterocycles. The Balaban J connectivity index is 1.66. The summed E-state index contributed by atoms with van der Waals surface area (Å²) in [5.41, 5.74) is 0. The molecule has 1 fully saturated rings. The number of nitrogens with one attached hydrogen (secondary N) is 2. The molecule has 6 nitrogen and oxygen atoms in total. The zero-order chi connectivity index (χ0) is 15.1. The number of rotatable bonds is 6. The van der Waals surface area contributed by atoms with E-state index in [0.29, 0.717) is 19.7 Å². The minimum atomic E-state index is -0.331. The fraction of sp³-hybridized carbons (Fsp3) is 0.467. The molecule has 1 aromatic carbocycles. The summed E-state index contributed by atoms with van der Waals surface area (Å²) in [6, 6.07) is 9.27. The van der Waals surface area contributed by atoms with Crippen molar-refractivity contribution < 1.29 is 14.3 Å². The van der Waals surface area contributed by atoms with Crippen LogP contribution in [0, 0.1) is 0 Å². The molecule has 1 heterocycles. The second-order valence-corrected chi connectivity index (χ2v) is 5.01. The molecular weight excluding hydrogens is 270 g/mol. The maximum atomic E-state index is 12.1. The Hall–Kier alpha value is -2.08. The molecule has 1 aromatic rings. The number of piperazine rings is 1. The normalized spacial score (nSPS) is 18.0. The summed E-state index contributed by atoms with van der Waals surface area (Å²) < 4.78 is 5.59. The number of nitrogens with zero attached hydrogens (tertiary/aromatic N) is 1. The zero-order valence-corrected chi connectivity index (χ0v) is 12.2. The molecule has 2 amide bonds. The third kappa shape index (κ3) is 4.75. The number of para-hydroxylation sites is 1. The van der Waals surface area contributed by atoms with E-state index in [-0.39, 0.29) is 24.4 Å². The van der Waals surface area contributed by atoms with Crippen molar-refractivity contribution in [3.8, 4) is 5.75 Å². The van der Waals surface area contributed by atoms with Gasteiger partial charge in [0.15, 0.2) is 0 Å². The van der Waals surface area contributed by atoms with Crippen LogP contribution in [0.1, 0.15) is 6.42 Å². The van der Waals surface area contributed by atoms with Crippen molar-refractivity contribution in [1.29, 1.82) is 0 Å². The van der Waals surface area contributed by atoms with E-state index in [9.17, 15) is 9.59 Å². The van der Waals surface area contributed by atoms with Crippen LogP contribution in [0.4, 0.5) is 0 Å². The van der Waals surface area contributed by atoms with Crippen molar-refractivity contribution in [2.75, 3.05) is 33.3 Å². The third-order valence-electron chi connectivity index (χ3n) is 3.34. The number of amides is 2. The van der Waals surface area contributed by atoms with Crippen molar-refractivity contribution >= 4 is 11.8 Å². The predicted molar refractivity (Wildman–Crippen MR) is 79.0 cm³/mol. The largest absolute Gasteiger partial charge is 0.494 e. The van der Waals surface area contributed by atoms with E-state index in [1.165, 1.54) is 0 Å². The van der Waals surface area contributed by atoms with Gasteiger partial charge < -0.3 is 15.0 Å². The molecule has 0 saturated carbocycles. The van der Waals surface area contributed by atoms with Gasteiger partial charge in [-0.05, 0) is 18.6 Å². The van der Waals surface area contributed by atoms with Crippen LogP contribution in [-0.4, -0.2) is 56.0 Å². The third-order valence-corrected chi connectivity index (χ3v) is 3.34. The summed E-state index contributed by atoms with van der Waals surface area (Å²) in [4.78, 5) is 24.8. The van der Waals surface area contributed by atoms with Crippen LogP contribution in [0.3, 0.4) is 0 Å². The SMILES string of the molecule is CN(CCCOc1ccccc1)C(=O)C1CNC(=O)CN1. The molecular formula is C15H21N3O3. The number of ether oxygens (including phenoxy) is 1. The van der Waals surface area contributed by atoms with E-state index in [2.05, 4.69) is 10.6 Å². The Morgan fingerprint density at radius 2 is 2.14 bits per heavy atom. The average Bonchev–Trinajstić information content (AvgIpc) is 2.52. The molecule has 0 aliphatic carbocycles. The summed E-state index contributed by atoms with van der Waals surface area (Å²) in [7, 11) is 1.77. The van der Waals surface area contributed by atoms with E-state index in [1.807, 2.05) is 30.3 Å². The summed E-state index contributed by atoms with van der Waals surface area (Å²) in [6.45, 7) is 1.73. The average molecular weight is 291 g/mol. The number of hydrogen-bond donors (Lipinski definition) is 2. The van der Waals surface area contributed by atoms with E-state index in [0.717, 1.165) is 12.2 Å². The van der Waals surface area contributed by atoms with Crippen molar-refractivity contribution in [3.05, 3.63) is 30.3 Å². The Morgan fingerprint density at radius 1 is 1.38 bits per heavy atom. The molecule has 0 radical (unpaired) electrons. The molecule has 2 rings (SSSR count). The molecule has 114 valence electrons. The van der Waals surface area contributed by atoms with E-state index < -0.39 is 0 Å². The fourth-order valence-corrected chi connectivity index (χ4v) is 2.13. The standard InChI is InChI=1S/C15H21N3O3/c1-18(15(20)13-10-17-14(19)11-16-13)8-5-9-21-12-6-3-2-4-7-12/h2-4,6-7,13,16H,5,8-11H2,1H3,(H,17,19). The Labute approximate surface area is 124 Å². The summed E-state index contributed by atoms with van der Waals surface area (Å²) in [6.07, 6.45) is 0.760. The first kappa shape index (κ1) is 15.3. The molecule has 1 atom stereocenters. The molecule has 0 aromatic heterocycles. The number of carbonyl (C=O) groups is 2. The molecule has 1 saturated heterocycles. The zero-order valence-electron chi connectivity index (χ0n) is 12.2. The summed E-state index contributed by atoms with van der Waals surface area (Å²) >= 11 is 0. The van der Waals surface area contributed by atoms with Crippen LogP contribution in [0.15, 0.2) is 30.3 Å². The highest BCUT2D eigenvalue weighted by Crippen LogP contribution is 2.08. The van der Waals surface area contributed by atoms with Gasteiger partial charge in [-0.25, -0.2) is 0 Å². The molecule has 1 aliphatic rings. The van der Waals surface area contributed by atoms with Crippen LogP contribution in [0.2, 0.25) is 0 Å². The van der Waals surface area contributed by atoms with Crippen LogP contribution < -0.4 is 15.4 Å². The van der Waals surface area contributed by atoms with Crippen LogP contribution in [-0.2, 0) is 9.59 Å². The monoisotopic (exact) mass is 291 g/mol. The lowest BCUT2D eigenvalue weighted by atomic mass is 10.2. The van der Waals surface area contributed by atoms with Gasteiger partial charge in [-0.3, -0.25) is 14.9 Å². The molecule has 6 heteroatoms.